The average Bonchev–Trinajstić information content (AvgIpc) is 2.93. The van der Waals surface area contributed by atoms with Crippen molar-refractivity contribution < 1.29 is 9.47 Å². The zero-order valence-electron chi connectivity index (χ0n) is 13.1. The molecule has 0 radical (unpaired) electrons. The summed E-state index contributed by atoms with van der Waals surface area (Å²) in [6.45, 7) is 4.23. The van der Waals surface area contributed by atoms with E-state index in [1.165, 1.54) is 0 Å². The molecule has 0 spiro atoms. The number of methoxy groups -OCH3 is 1. The van der Waals surface area contributed by atoms with E-state index in [1.807, 2.05) is 32.2 Å². The highest BCUT2D eigenvalue weighted by Gasteiger charge is 2.05. The molecule has 8 heteroatoms. The van der Waals surface area contributed by atoms with E-state index in [-0.39, 0.29) is 0 Å². The summed E-state index contributed by atoms with van der Waals surface area (Å²) in [6.07, 6.45) is 0. The number of hydrogen-bond acceptors (Lipinski definition) is 7. The summed E-state index contributed by atoms with van der Waals surface area (Å²) < 4.78 is 12.5. The summed E-state index contributed by atoms with van der Waals surface area (Å²) in [5.41, 5.74) is 1.16. The van der Waals surface area contributed by atoms with Crippen LogP contribution >= 0.6 is 11.8 Å². The lowest BCUT2D eigenvalue weighted by atomic mass is 10.2. The summed E-state index contributed by atoms with van der Waals surface area (Å²) in [5.74, 6) is 2.45. The van der Waals surface area contributed by atoms with Crippen molar-refractivity contribution in [3.8, 4) is 11.5 Å². The van der Waals surface area contributed by atoms with Crippen LogP contribution in [0.25, 0.3) is 0 Å². The molecule has 0 saturated carbocycles. The molecule has 0 aliphatic carbocycles. The fraction of sp³-hybridized carbons (Fsp3) is 0.500. The Morgan fingerprint density at radius 2 is 2.18 bits per heavy atom. The van der Waals surface area contributed by atoms with Gasteiger partial charge in [0.2, 0.25) is 5.16 Å². The maximum atomic E-state index is 5.58. The van der Waals surface area contributed by atoms with Crippen molar-refractivity contribution in [2.45, 2.75) is 18.6 Å². The van der Waals surface area contributed by atoms with Crippen molar-refractivity contribution in [2.24, 2.45) is 7.05 Å². The second-order valence-electron chi connectivity index (χ2n) is 4.53. The number of rotatable bonds is 9. The molecule has 1 aromatic heterocycles. The SMILES string of the molecule is CCOc1cc(CNCCSc2nnnn2C)ccc1OC. The molecule has 0 unspecified atom stereocenters. The van der Waals surface area contributed by atoms with E-state index in [4.69, 9.17) is 9.47 Å². The van der Waals surface area contributed by atoms with E-state index in [0.29, 0.717) is 6.61 Å². The van der Waals surface area contributed by atoms with Gasteiger partial charge in [-0.15, -0.1) is 5.10 Å². The number of aromatic nitrogens is 4. The van der Waals surface area contributed by atoms with E-state index < -0.39 is 0 Å². The third-order valence-corrected chi connectivity index (χ3v) is 3.96. The molecule has 1 N–H and O–H groups in total. The lowest BCUT2D eigenvalue weighted by Crippen LogP contribution is -2.16. The number of tetrazole rings is 1. The summed E-state index contributed by atoms with van der Waals surface area (Å²) >= 11 is 1.63. The smallest absolute Gasteiger partial charge is 0.209 e. The van der Waals surface area contributed by atoms with Crippen molar-refractivity contribution >= 4 is 11.8 Å². The highest BCUT2D eigenvalue weighted by Crippen LogP contribution is 2.27. The van der Waals surface area contributed by atoms with Crippen molar-refractivity contribution in [2.75, 3.05) is 26.0 Å². The van der Waals surface area contributed by atoms with E-state index >= 15 is 0 Å². The highest BCUT2D eigenvalue weighted by atomic mass is 32.2. The van der Waals surface area contributed by atoms with Crippen LogP contribution in [0.2, 0.25) is 0 Å². The molecule has 1 aromatic carbocycles. The molecule has 22 heavy (non-hydrogen) atoms. The molecular formula is C14H21N5O2S. The van der Waals surface area contributed by atoms with Crippen molar-refractivity contribution in [1.82, 2.24) is 25.5 Å². The molecule has 7 nitrogen and oxygen atoms in total. The summed E-state index contributed by atoms with van der Waals surface area (Å²) in [4.78, 5) is 0. The zero-order chi connectivity index (χ0) is 15.8. The second-order valence-corrected chi connectivity index (χ2v) is 5.59. The Labute approximate surface area is 134 Å². The number of nitrogens with one attached hydrogen (secondary N) is 1. The standard InChI is InChI=1S/C14H21N5O2S/c1-4-21-13-9-11(5-6-12(13)20-3)10-15-7-8-22-14-16-17-18-19(14)2/h5-6,9,15H,4,7-8,10H2,1-3H3. The van der Waals surface area contributed by atoms with Gasteiger partial charge in [-0.2, -0.15) is 0 Å². The van der Waals surface area contributed by atoms with Gasteiger partial charge in [-0.25, -0.2) is 4.68 Å². The summed E-state index contributed by atoms with van der Waals surface area (Å²) in [5, 5.41) is 15.6. The molecule has 0 atom stereocenters. The topological polar surface area (TPSA) is 74.1 Å². The van der Waals surface area contributed by atoms with Crippen LogP contribution in [0.15, 0.2) is 23.4 Å². The van der Waals surface area contributed by atoms with Crippen molar-refractivity contribution in [1.29, 1.82) is 0 Å². The Hall–Kier alpha value is -1.80. The Kier molecular flexibility index (Phi) is 6.47. The third kappa shape index (κ3) is 4.60. The van der Waals surface area contributed by atoms with Gasteiger partial charge in [-0.3, -0.25) is 0 Å². The molecule has 120 valence electrons. The number of ether oxygens (including phenoxy) is 2. The van der Waals surface area contributed by atoms with Crippen LogP contribution in [0.4, 0.5) is 0 Å². The lowest BCUT2D eigenvalue weighted by molar-refractivity contribution is 0.310. The molecule has 0 saturated heterocycles. The lowest BCUT2D eigenvalue weighted by Gasteiger charge is -2.11. The van der Waals surface area contributed by atoms with Crippen LogP contribution in [0.1, 0.15) is 12.5 Å². The van der Waals surface area contributed by atoms with Crippen molar-refractivity contribution in [3.05, 3.63) is 23.8 Å². The Morgan fingerprint density at radius 3 is 2.86 bits per heavy atom. The van der Waals surface area contributed by atoms with Crippen LogP contribution in [-0.4, -0.2) is 46.2 Å². The number of hydrogen-bond donors (Lipinski definition) is 1. The van der Waals surface area contributed by atoms with Crippen LogP contribution in [0.5, 0.6) is 11.5 Å². The number of thioether (sulfide) groups is 1. The predicted molar refractivity (Wildman–Crippen MR) is 85.4 cm³/mol. The minimum absolute atomic E-state index is 0.621. The Balaban J connectivity index is 1.77. The summed E-state index contributed by atoms with van der Waals surface area (Å²) in [7, 11) is 3.48. The quantitative estimate of drug-likeness (QED) is 0.553. The molecule has 2 rings (SSSR count). The monoisotopic (exact) mass is 323 g/mol. The number of nitrogens with zero attached hydrogens (tertiary/aromatic N) is 4. The van der Waals surface area contributed by atoms with Gasteiger partial charge in [0.1, 0.15) is 0 Å². The Morgan fingerprint density at radius 1 is 1.32 bits per heavy atom. The van der Waals surface area contributed by atoms with E-state index in [1.54, 1.807) is 23.6 Å². The van der Waals surface area contributed by atoms with Gasteiger partial charge < -0.3 is 14.8 Å². The molecule has 0 aliphatic heterocycles. The maximum Gasteiger partial charge on any atom is 0.209 e. The average molecular weight is 323 g/mol. The maximum absolute atomic E-state index is 5.58. The molecular weight excluding hydrogens is 302 g/mol. The molecule has 0 fully saturated rings. The van der Waals surface area contributed by atoms with Crippen LogP contribution in [0.3, 0.4) is 0 Å². The first-order valence-electron chi connectivity index (χ1n) is 7.10. The van der Waals surface area contributed by atoms with Crippen LogP contribution in [-0.2, 0) is 13.6 Å². The predicted octanol–water partition coefficient (Wildman–Crippen LogP) is 1.50. The van der Waals surface area contributed by atoms with Gasteiger partial charge in [0.25, 0.3) is 0 Å². The first-order chi connectivity index (χ1) is 10.7. The van der Waals surface area contributed by atoms with Gasteiger partial charge in [-0.1, -0.05) is 17.8 Å². The minimum Gasteiger partial charge on any atom is -0.493 e. The van der Waals surface area contributed by atoms with Crippen molar-refractivity contribution in [3.63, 3.8) is 0 Å². The first kappa shape index (κ1) is 16.6. The number of aryl methyl sites for hydroxylation is 1. The highest BCUT2D eigenvalue weighted by molar-refractivity contribution is 7.99. The van der Waals surface area contributed by atoms with Gasteiger partial charge in [0, 0.05) is 25.9 Å². The summed E-state index contributed by atoms with van der Waals surface area (Å²) in [6, 6.07) is 5.98. The minimum atomic E-state index is 0.621. The van der Waals surface area contributed by atoms with Crippen LogP contribution in [0, 0.1) is 0 Å². The molecule has 2 aromatic rings. The molecule has 1 heterocycles. The van der Waals surface area contributed by atoms with E-state index in [0.717, 1.165) is 41.1 Å². The second kappa shape index (κ2) is 8.60. The fourth-order valence-corrected chi connectivity index (χ4v) is 2.64. The number of benzene rings is 1. The van der Waals surface area contributed by atoms with E-state index in [2.05, 4.69) is 20.8 Å². The third-order valence-electron chi connectivity index (χ3n) is 2.95. The first-order valence-corrected chi connectivity index (χ1v) is 8.08. The van der Waals surface area contributed by atoms with Gasteiger partial charge in [-0.05, 0) is 35.0 Å². The normalized spacial score (nSPS) is 10.7. The molecule has 0 aliphatic rings. The van der Waals surface area contributed by atoms with E-state index in [9.17, 15) is 0 Å². The largest absolute Gasteiger partial charge is 0.493 e. The molecule has 0 bridgehead atoms. The fourth-order valence-electron chi connectivity index (χ4n) is 1.89. The Bertz CT molecular complexity index is 590. The van der Waals surface area contributed by atoms with Gasteiger partial charge in [0.05, 0.1) is 13.7 Å². The van der Waals surface area contributed by atoms with Gasteiger partial charge >= 0.3 is 0 Å². The molecule has 0 amide bonds. The zero-order valence-corrected chi connectivity index (χ0v) is 13.9. The van der Waals surface area contributed by atoms with Crippen LogP contribution < -0.4 is 14.8 Å². The van der Waals surface area contributed by atoms with Gasteiger partial charge in [0.15, 0.2) is 11.5 Å².